The second-order valence-corrected chi connectivity index (χ2v) is 10.8. The Morgan fingerprint density at radius 2 is 1.81 bits per heavy atom. The van der Waals surface area contributed by atoms with E-state index in [-0.39, 0.29) is 31.8 Å². The molecule has 7 heteroatoms. The van der Waals surface area contributed by atoms with Crippen LogP contribution >= 0.6 is 15.9 Å². The monoisotopic (exact) mass is 549 g/mol. The van der Waals surface area contributed by atoms with Gasteiger partial charge >= 0.3 is 0 Å². The molecule has 2 fully saturated rings. The largest absolute Gasteiger partial charge is 0.349 e. The fourth-order valence-corrected chi connectivity index (χ4v) is 5.10. The fourth-order valence-electron chi connectivity index (χ4n) is 4.63. The van der Waals surface area contributed by atoms with Crippen LogP contribution in [-0.4, -0.2) is 35.3 Å². The smallest absolute Gasteiger partial charge is 0.259 e. The van der Waals surface area contributed by atoms with Crippen LogP contribution in [0.1, 0.15) is 54.6 Å². The maximum Gasteiger partial charge on any atom is 0.259 e. The molecule has 0 radical (unpaired) electrons. The van der Waals surface area contributed by atoms with Gasteiger partial charge in [-0.25, -0.2) is 4.39 Å². The van der Waals surface area contributed by atoms with Crippen molar-refractivity contribution in [2.24, 2.45) is 0 Å². The lowest BCUT2D eigenvalue weighted by Crippen LogP contribution is -2.44. The van der Waals surface area contributed by atoms with Crippen molar-refractivity contribution in [3.05, 3.63) is 81.8 Å². The number of halogens is 2. The Hall–Kier alpha value is -3.24. The molecule has 0 spiro atoms. The van der Waals surface area contributed by atoms with Gasteiger partial charge in [0.2, 0.25) is 5.67 Å². The lowest BCUT2D eigenvalue weighted by atomic mass is 9.92. The maximum absolute atomic E-state index is 14.4. The van der Waals surface area contributed by atoms with Gasteiger partial charge in [-0.3, -0.25) is 9.59 Å². The van der Waals surface area contributed by atoms with Gasteiger partial charge in [-0.05, 0) is 59.2 Å². The Morgan fingerprint density at radius 1 is 1.11 bits per heavy atom. The summed E-state index contributed by atoms with van der Waals surface area (Å²) >= 11 is 3.60. The molecule has 1 unspecified atom stereocenters. The van der Waals surface area contributed by atoms with Crippen molar-refractivity contribution in [3.8, 4) is 6.19 Å². The summed E-state index contributed by atoms with van der Waals surface area (Å²) in [5.74, 6) is -0.843. The number of nitriles is 1. The summed E-state index contributed by atoms with van der Waals surface area (Å²) < 4.78 is 15.6. The number of carbonyl (C=O) groups excluding carboxylic acids is 2. The van der Waals surface area contributed by atoms with E-state index >= 15 is 0 Å². The van der Waals surface area contributed by atoms with Crippen molar-refractivity contribution in [3.63, 3.8) is 0 Å². The first-order valence-electron chi connectivity index (χ1n) is 12.0. The third kappa shape index (κ3) is 5.60. The number of alkyl halides is 1. The highest BCUT2D eigenvalue weighted by Crippen LogP contribution is 2.50. The molecule has 186 valence electrons. The van der Waals surface area contributed by atoms with Crippen molar-refractivity contribution in [1.82, 2.24) is 10.2 Å². The normalized spacial score (nSPS) is 19.7. The van der Waals surface area contributed by atoms with Crippen LogP contribution < -0.4 is 5.32 Å². The summed E-state index contributed by atoms with van der Waals surface area (Å²) in [6.07, 6.45) is 4.49. The first-order valence-corrected chi connectivity index (χ1v) is 12.8. The lowest BCUT2D eigenvalue weighted by Gasteiger charge is -2.18. The molecule has 36 heavy (non-hydrogen) atoms. The van der Waals surface area contributed by atoms with Crippen LogP contribution in [0.15, 0.2) is 65.1 Å². The van der Waals surface area contributed by atoms with Gasteiger partial charge in [-0.15, -0.1) is 0 Å². The Labute approximate surface area is 219 Å². The van der Waals surface area contributed by atoms with E-state index in [9.17, 15) is 14.0 Å². The molecule has 1 saturated heterocycles. The molecular formula is C29H29BrFN3O2. The summed E-state index contributed by atoms with van der Waals surface area (Å²) in [6, 6.07) is 20.0. The van der Waals surface area contributed by atoms with Crippen LogP contribution in [0.4, 0.5) is 4.39 Å². The molecule has 3 aromatic carbocycles. The molecular weight excluding hydrogens is 521 g/mol. The second-order valence-electron chi connectivity index (χ2n) is 9.87. The highest BCUT2D eigenvalue weighted by molar-refractivity contribution is 9.10. The lowest BCUT2D eigenvalue weighted by molar-refractivity contribution is -0.132. The van der Waals surface area contributed by atoms with E-state index < -0.39 is 11.6 Å². The molecule has 1 aliphatic carbocycles. The van der Waals surface area contributed by atoms with E-state index in [2.05, 4.69) is 64.6 Å². The Morgan fingerprint density at radius 3 is 2.47 bits per heavy atom. The van der Waals surface area contributed by atoms with Crippen LogP contribution in [0.25, 0.3) is 10.8 Å². The predicted molar refractivity (Wildman–Crippen MR) is 142 cm³/mol. The summed E-state index contributed by atoms with van der Waals surface area (Å²) in [6.45, 7) is 3.92. The zero-order chi connectivity index (χ0) is 25.9. The molecule has 0 bridgehead atoms. The molecule has 2 aliphatic rings. The number of ketones is 1. The molecule has 1 heterocycles. The number of fused-ring (bicyclic) bond motifs is 1. The Bertz CT molecular complexity index is 1350. The number of hydrogen-bond donors (Lipinski definition) is 1. The number of carbonyl (C=O) groups is 2. The van der Waals surface area contributed by atoms with Gasteiger partial charge in [0.15, 0.2) is 12.0 Å². The van der Waals surface area contributed by atoms with Crippen molar-refractivity contribution in [1.29, 1.82) is 5.26 Å². The van der Waals surface area contributed by atoms with Crippen LogP contribution in [0.2, 0.25) is 0 Å². The van der Waals surface area contributed by atoms with Gasteiger partial charge in [0.05, 0.1) is 6.54 Å². The minimum absolute atomic E-state index is 0.000743. The van der Waals surface area contributed by atoms with Crippen LogP contribution in [0.3, 0.4) is 0 Å². The topological polar surface area (TPSA) is 73.2 Å². The number of amides is 1. The number of nitrogens with one attached hydrogen (secondary N) is 1. The molecule has 3 aromatic rings. The number of nitrogens with zero attached hydrogens (tertiary/aromatic N) is 2. The summed E-state index contributed by atoms with van der Waals surface area (Å²) in [5, 5.41) is 14.0. The van der Waals surface area contributed by atoms with Gasteiger partial charge in [0.1, 0.15) is 0 Å². The number of rotatable bonds is 5. The van der Waals surface area contributed by atoms with Crippen LogP contribution in [0.5, 0.6) is 0 Å². The fraction of sp³-hybridized carbons (Fsp3) is 0.345. The average molecular weight is 550 g/mol. The van der Waals surface area contributed by atoms with Crippen LogP contribution in [-0.2, 0) is 16.8 Å². The number of likely N-dealkylation sites (tertiary alicyclic amines) is 1. The van der Waals surface area contributed by atoms with E-state index in [4.69, 9.17) is 5.26 Å². The maximum atomic E-state index is 14.4. The molecule has 1 atom stereocenters. The average Bonchev–Trinajstić information content (AvgIpc) is 3.50. The molecule has 1 amide bonds. The summed E-state index contributed by atoms with van der Waals surface area (Å²) in [7, 11) is 0. The first-order chi connectivity index (χ1) is 17.1. The minimum Gasteiger partial charge on any atom is -0.349 e. The zero-order valence-electron chi connectivity index (χ0n) is 20.5. The van der Waals surface area contributed by atoms with Gasteiger partial charge < -0.3 is 10.2 Å². The van der Waals surface area contributed by atoms with E-state index in [1.165, 1.54) is 45.5 Å². The quantitative estimate of drug-likeness (QED) is 0.310. The Balaban J connectivity index is 0.000000178. The van der Waals surface area contributed by atoms with Gasteiger partial charge in [0, 0.05) is 29.5 Å². The second kappa shape index (κ2) is 10.4. The van der Waals surface area contributed by atoms with Crippen molar-refractivity contribution < 1.29 is 14.0 Å². The number of hydrogen-bond acceptors (Lipinski definition) is 4. The van der Waals surface area contributed by atoms with Crippen molar-refractivity contribution in [2.45, 2.75) is 50.7 Å². The molecule has 1 aliphatic heterocycles. The first kappa shape index (κ1) is 25.8. The minimum atomic E-state index is -2.04. The molecule has 5 nitrogen and oxygen atoms in total. The zero-order valence-corrected chi connectivity index (χ0v) is 22.1. The van der Waals surface area contributed by atoms with Gasteiger partial charge in [-0.2, -0.15) is 5.26 Å². The standard InChI is InChI=1S/C15H16FN3O2.C14H13Br/c1-11(20)13-5-3-2-4-12(13)8-18-14(21)15(16)6-7-19(9-15)10-17;1-14(6-7-14)13-9-11(15)8-10-4-2-3-5-12(10)13/h2-5H,6-9H2,1H3,(H,18,21);2-5,8-9H,6-7H2,1H3. The SMILES string of the molecule is CC(=O)c1ccccc1CNC(=O)C1(F)CCN(C#N)C1.CC1(c2cc(Br)cc3ccccc23)CC1. The van der Waals surface area contributed by atoms with E-state index in [1.807, 2.05) is 6.19 Å². The van der Waals surface area contributed by atoms with Gasteiger partial charge in [0.25, 0.3) is 5.91 Å². The van der Waals surface area contributed by atoms with Crippen LogP contribution in [0, 0.1) is 11.5 Å². The Kier molecular flexibility index (Phi) is 7.46. The predicted octanol–water partition coefficient (Wildman–Crippen LogP) is 6.05. The van der Waals surface area contributed by atoms with Crippen molar-refractivity contribution in [2.75, 3.05) is 13.1 Å². The van der Waals surface area contributed by atoms with E-state index in [0.29, 0.717) is 16.5 Å². The van der Waals surface area contributed by atoms with Crippen molar-refractivity contribution >= 4 is 38.4 Å². The third-order valence-electron chi connectivity index (χ3n) is 7.08. The highest BCUT2D eigenvalue weighted by Gasteiger charge is 2.45. The third-order valence-corrected chi connectivity index (χ3v) is 7.54. The van der Waals surface area contributed by atoms with E-state index in [1.54, 1.807) is 24.3 Å². The van der Waals surface area contributed by atoms with E-state index in [0.717, 1.165) is 0 Å². The number of benzene rings is 3. The molecule has 5 rings (SSSR count). The summed E-state index contributed by atoms with van der Waals surface area (Å²) in [4.78, 5) is 24.7. The molecule has 1 N–H and O–H groups in total. The highest BCUT2D eigenvalue weighted by atomic mass is 79.9. The van der Waals surface area contributed by atoms with Gasteiger partial charge in [-0.1, -0.05) is 71.4 Å². The number of Topliss-reactive ketones (excluding diaryl/α,β-unsaturated/α-hetero) is 1. The summed E-state index contributed by atoms with van der Waals surface area (Å²) in [5.41, 5.74) is 1.06. The molecule has 1 saturated carbocycles. The molecule has 0 aromatic heterocycles.